The van der Waals surface area contributed by atoms with Gasteiger partial charge in [-0.2, -0.15) is 0 Å². The molecule has 96 valence electrons. The quantitative estimate of drug-likeness (QED) is 0.805. The van der Waals surface area contributed by atoms with Gasteiger partial charge in [0.25, 0.3) is 0 Å². The van der Waals surface area contributed by atoms with Crippen molar-refractivity contribution in [2.45, 2.75) is 38.8 Å². The molecule has 0 spiro atoms. The van der Waals surface area contributed by atoms with E-state index >= 15 is 0 Å². The molecule has 2 N–H and O–H groups in total. The maximum Gasteiger partial charge on any atom is 0.163 e. The van der Waals surface area contributed by atoms with Crippen molar-refractivity contribution in [1.29, 1.82) is 0 Å². The van der Waals surface area contributed by atoms with Crippen LogP contribution in [0.4, 0.5) is 8.78 Å². The zero-order valence-electron chi connectivity index (χ0n) is 10.3. The second-order valence-corrected chi connectivity index (χ2v) is 4.54. The minimum atomic E-state index is -0.842. The third kappa shape index (κ3) is 3.75. The van der Waals surface area contributed by atoms with Crippen molar-refractivity contribution in [2.75, 3.05) is 6.61 Å². The first-order chi connectivity index (χ1) is 8.02. The fourth-order valence-corrected chi connectivity index (χ4v) is 1.77. The molecule has 0 aliphatic heterocycles. The van der Waals surface area contributed by atoms with Crippen LogP contribution in [0.2, 0.25) is 0 Å². The van der Waals surface area contributed by atoms with Crippen LogP contribution in [-0.4, -0.2) is 17.3 Å². The predicted octanol–water partition coefficient (Wildman–Crippen LogP) is 2.61. The molecule has 1 aromatic rings. The summed E-state index contributed by atoms with van der Waals surface area (Å²) in [7, 11) is 0. The number of aliphatic hydroxyl groups excluding tert-OH is 1. The first-order valence-electron chi connectivity index (χ1n) is 5.81. The molecule has 0 bridgehead atoms. The maximum absolute atomic E-state index is 13.4. The first kappa shape index (κ1) is 14.1. The molecule has 4 heteroatoms. The highest BCUT2D eigenvalue weighted by atomic mass is 19.2. The summed E-state index contributed by atoms with van der Waals surface area (Å²) in [6.07, 6.45) is 1.69. The van der Waals surface area contributed by atoms with Crippen molar-refractivity contribution in [3.63, 3.8) is 0 Å². The maximum atomic E-state index is 13.4. The molecule has 0 saturated carbocycles. The second-order valence-electron chi connectivity index (χ2n) is 4.54. The summed E-state index contributed by atoms with van der Waals surface area (Å²) < 4.78 is 26.4. The lowest BCUT2D eigenvalue weighted by Gasteiger charge is -2.28. The van der Waals surface area contributed by atoms with Gasteiger partial charge < -0.3 is 10.4 Å². The van der Waals surface area contributed by atoms with Crippen LogP contribution in [0.15, 0.2) is 18.2 Å². The Morgan fingerprint density at radius 3 is 2.65 bits per heavy atom. The number of nitrogens with one attached hydrogen (secondary N) is 1. The third-order valence-corrected chi connectivity index (χ3v) is 2.89. The van der Waals surface area contributed by atoms with Crippen molar-refractivity contribution >= 4 is 0 Å². The van der Waals surface area contributed by atoms with Gasteiger partial charge in [-0.1, -0.05) is 25.5 Å². The van der Waals surface area contributed by atoms with Gasteiger partial charge in [-0.05, 0) is 19.4 Å². The summed E-state index contributed by atoms with van der Waals surface area (Å²) in [5.41, 5.74) is -0.172. The van der Waals surface area contributed by atoms with Crippen LogP contribution in [0.1, 0.15) is 32.3 Å². The Kier molecular flexibility index (Phi) is 5.02. The topological polar surface area (TPSA) is 32.3 Å². The van der Waals surface area contributed by atoms with Crippen molar-refractivity contribution in [3.05, 3.63) is 35.4 Å². The van der Waals surface area contributed by atoms with E-state index < -0.39 is 17.2 Å². The van der Waals surface area contributed by atoms with Crippen LogP contribution < -0.4 is 5.32 Å². The summed E-state index contributed by atoms with van der Waals surface area (Å²) in [6.45, 7) is 4.06. The van der Waals surface area contributed by atoms with Crippen LogP contribution in [0.5, 0.6) is 0 Å². The lowest BCUT2D eigenvalue weighted by molar-refractivity contribution is 0.163. The van der Waals surface area contributed by atoms with Crippen LogP contribution in [0.25, 0.3) is 0 Å². The summed E-state index contributed by atoms with van der Waals surface area (Å²) in [5, 5.41) is 12.4. The van der Waals surface area contributed by atoms with Gasteiger partial charge in [-0.15, -0.1) is 0 Å². The van der Waals surface area contributed by atoms with E-state index in [1.54, 1.807) is 0 Å². The average molecular weight is 243 g/mol. The van der Waals surface area contributed by atoms with Crippen molar-refractivity contribution in [1.82, 2.24) is 5.32 Å². The molecular formula is C13H19F2NO. The fourth-order valence-electron chi connectivity index (χ4n) is 1.77. The van der Waals surface area contributed by atoms with E-state index in [4.69, 9.17) is 0 Å². The van der Waals surface area contributed by atoms with Crippen LogP contribution in [-0.2, 0) is 6.54 Å². The molecule has 0 amide bonds. The number of hydrogen-bond donors (Lipinski definition) is 2. The van der Waals surface area contributed by atoms with Gasteiger partial charge in [-0.3, -0.25) is 0 Å². The van der Waals surface area contributed by atoms with E-state index in [1.807, 2.05) is 13.8 Å². The van der Waals surface area contributed by atoms with E-state index in [2.05, 4.69) is 5.32 Å². The second kappa shape index (κ2) is 6.07. The van der Waals surface area contributed by atoms with E-state index in [1.165, 1.54) is 12.1 Å². The van der Waals surface area contributed by atoms with E-state index in [-0.39, 0.29) is 18.7 Å². The standard InChI is InChI=1S/C13H19F2NO/c1-3-7-13(2,9-17)16-8-10-5-4-6-11(14)12(10)15/h4-6,16-17H,3,7-9H2,1-2H3. The van der Waals surface area contributed by atoms with E-state index in [9.17, 15) is 13.9 Å². The zero-order valence-corrected chi connectivity index (χ0v) is 10.3. The molecule has 0 aliphatic rings. The lowest BCUT2D eigenvalue weighted by Crippen LogP contribution is -2.45. The van der Waals surface area contributed by atoms with Gasteiger partial charge in [0.05, 0.1) is 6.61 Å². The van der Waals surface area contributed by atoms with Gasteiger partial charge in [0.2, 0.25) is 0 Å². The van der Waals surface area contributed by atoms with Crippen molar-refractivity contribution < 1.29 is 13.9 Å². The molecule has 1 aromatic carbocycles. The number of aliphatic hydroxyl groups is 1. The molecule has 0 radical (unpaired) electrons. The van der Waals surface area contributed by atoms with Gasteiger partial charge in [-0.25, -0.2) is 8.78 Å². The van der Waals surface area contributed by atoms with Crippen molar-refractivity contribution in [3.8, 4) is 0 Å². The predicted molar refractivity (Wildman–Crippen MR) is 63.6 cm³/mol. The molecule has 0 fully saturated rings. The molecule has 2 nitrogen and oxygen atoms in total. The largest absolute Gasteiger partial charge is 0.394 e. The van der Waals surface area contributed by atoms with Gasteiger partial charge >= 0.3 is 0 Å². The van der Waals surface area contributed by atoms with E-state index in [0.717, 1.165) is 18.9 Å². The Labute approximate surface area is 101 Å². The Bertz CT molecular complexity index is 370. The first-order valence-corrected chi connectivity index (χ1v) is 5.81. The number of benzene rings is 1. The molecule has 1 unspecified atom stereocenters. The minimum Gasteiger partial charge on any atom is -0.394 e. The molecular weight excluding hydrogens is 224 g/mol. The average Bonchev–Trinajstić information content (AvgIpc) is 2.31. The molecule has 0 aliphatic carbocycles. The van der Waals surface area contributed by atoms with Gasteiger partial charge in [0.15, 0.2) is 11.6 Å². The van der Waals surface area contributed by atoms with Crippen LogP contribution >= 0.6 is 0 Å². The molecule has 0 heterocycles. The normalized spacial score (nSPS) is 14.6. The SMILES string of the molecule is CCCC(C)(CO)NCc1cccc(F)c1F. The van der Waals surface area contributed by atoms with Crippen LogP contribution in [0, 0.1) is 11.6 Å². The Morgan fingerprint density at radius 2 is 2.06 bits per heavy atom. The Balaban J connectivity index is 2.69. The minimum absolute atomic E-state index is 0.0300. The van der Waals surface area contributed by atoms with Crippen LogP contribution in [0.3, 0.4) is 0 Å². The van der Waals surface area contributed by atoms with Crippen molar-refractivity contribution in [2.24, 2.45) is 0 Å². The zero-order chi connectivity index (χ0) is 12.9. The highest BCUT2D eigenvalue weighted by Gasteiger charge is 2.21. The third-order valence-electron chi connectivity index (χ3n) is 2.89. The molecule has 1 atom stereocenters. The molecule has 0 saturated heterocycles. The molecule has 1 rings (SSSR count). The van der Waals surface area contributed by atoms with Gasteiger partial charge in [0, 0.05) is 17.6 Å². The van der Waals surface area contributed by atoms with Gasteiger partial charge in [0.1, 0.15) is 0 Å². The molecule has 0 aromatic heterocycles. The Morgan fingerprint density at radius 1 is 1.35 bits per heavy atom. The summed E-state index contributed by atoms with van der Waals surface area (Å²) >= 11 is 0. The number of rotatable bonds is 6. The smallest absolute Gasteiger partial charge is 0.163 e. The highest BCUT2D eigenvalue weighted by Crippen LogP contribution is 2.15. The molecule has 17 heavy (non-hydrogen) atoms. The monoisotopic (exact) mass is 243 g/mol. The Hall–Kier alpha value is -1.00. The lowest BCUT2D eigenvalue weighted by atomic mass is 9.97. The highest BCUT2D eigenvalue weighted by molar-refractivity contribution is 5.19. The summed E-state index contributed by atoms with van der Waals surface area (Å²) in [6, 6.07) is 4.11. The fraction of sp³-hybridized carbons (Fsp3) is 0.538. The summed E-state index contributed by atoms with van der Waals surface area (Å²) in [4.78, 5) is 0. The summed E-state index contributed by atoms with van der Waals surface area (Å²) in [5.74, 6) is -1.66. The van der Waals surface area contributed by atoms with E-state index in [0.29, 0.717) is 0 Å². The number of hydrogen-bond acceptors (Lipinski definition) is 2. The number of halogens is 2.